The highest BCUT2D eigenvalue weighted by Gasteiger charge is 2.26. The van der Waals surface area contributed by atoms with Crippen LogP contribution < -0.4 is 5.32 Å². The first kappa shape index (κ1) is 13.8. The summed E-state index contributed by atoms with van der Waals surface area (Å²) in [6.45, 7) is 7.78. The number of hydrogen-bond acceptors (Lipinski definition) is 3. The molecule has 1 saturated carbocycles. The van der Waals surface area contributed by atoms with Gasteiger partial charge in [0.15, 0.2) is 0 Å². The Hall–Kier alpha value is -1.13. The second-order valence-corrected chi connectivity index (χ2v) is 5.99. The van der Waals surface area contributed by atoms with Gasteiger partial charge >= 0.3 is 0 Å². The average molecular weight is 277 g/mol. The molecule has 1 aromatic carbocycles. The molecule has 0 aromatic heterocycles. The van der Waals surface area contributed by atoms with Crippen molar-refractivity contribution in [3.8, 4) is 0 Å². The lowest BCUT2D eigenvalue weighted by Gasteiger charge is -2.34. The number of nitrogens with zero attached hydrogens (tertiary/aromatic N) is 2. The smallest absolute Gasteiger partial charge is 0.146 e. The zero-order chi connectivity index (χ0) is 13.8. The number of para-hydroxylation sites is 1. The fourth-order valence-corrected chi connectivity index (χ4v) is 2.81. The molecule has 4 heteroatoms. The Balaban J connectivity index is 1.34. The van der Waals surface area contributed by atoms with Crippen LogP contribution in [0, 0.1) is 11.7 Å². The molecule has 20 heavy (non-hydrogen) atoms. The van der Waals surface area contributed by atoms with E-state index >= 15 is 0 Å². The lowest BCUT2D eigenvalue weighted by molar-refractivity contribution is 0.132. The van der Waals surface area contributed by atoms with E-state index in [-0.39, 0.29) is 5.82 Å². The largest absolute Gasteiger partial charge is 0.381 e. The Kier molecular flexibility index (Phi) is 4.53. The summed E-state index contributed by atoms with van der Waals surface area (Å²) >= 11 is 0. The van der Waals surface area contributed by atoms with E-state index in [1.807, 2.05) is 6.07 Å². The van der Waals surface area contributed by atoms with Gasteiger partial charge in [-0.25, -0.2) is 4.39 Å². The summed E-state index contributed by atoms with van der Waals surface area (Å²) in [5, 5.41) is 3.18. The molecule has 1 N–H and O–H groups in total. The van der Waals surface area contributed by atoms with Gasteiger partial charge in [-0.2, -0.15) is 0 Å². The normalized spacial score (nSPS) is 21.1. The lowest BCUT2D eigenvalue weighted by atomic mass is 10.2. The number of nitrogens with one attached hydrogen (secondary N) is 1. The number of halogens is 1. The van der Waals surface area contributed by atoms with Gasteiger partial charge in [-0.1, -0.05) is 12.1 Å². The van der Waals surface area contributed by atoms with Crippen LogP contribution in [0.3, 0.4) is 0 Å². The van der Waals surface area contributed by atoms with Gasteiger partial charge in [0.1, 0.15) is 5.82 Å². The molecule has 0 atom stereocenters. The van der Waals surface area contributed by atoms with Gasteiger partial charge in [-0.3, -0.25) is 4.90 Å². The molecule has 1 aliphatic heterocycles. The number of anilines is 1. The molecule has 1 heterocycles. The third-order valence-corrected chi connectivity index (χ3v) is 4.30. The van der Waals surface area contributed by atoms with E-state index in [1.165, 1.54) is 38.5 Å². The first-order valence-electron chi connectivity index (χ1n) is 7.74. The van der Waals surface area contributed by atoms with E-state index in [2.05, 4.69) is 15.1 Å². The first-order valence-corrected chi connectivity index (χ1v) is 7.74. The van der Waals surface area contributed by atoms with E-state index in [4.69, 9.17) is 0 Å². The minimum absolute atomic E-state index is 0.165. The molecular formula is C16H24FN3. The van der Waals surface area contributed by atoms with Crippen molar-refractivity contribution in [1.29, 1.82) is 0 Å². The molecule has 0 unspecified atom stereocenters. The molecule has 2 fully saturated rings. The Morgan fingerprint density at radius 1 is 1.05 bits per heavy atom. The molecule has 0 bridgehead atoms. The number of piperazine rings is 1. The van der Waals surface area contributed by atoms with Crippen LogP contribution in [-0.4, -0.2) is 55.6 Å². The summed E-state index contributed by atoms with van der Waals surface area (Å²) in [7, 11) is 0. The summed E-state index contributed by atoms with van der Waals surface area (Å²) in [5.41, 5.74) is 0.611. The zero-order valence-electron chi connectivity index (χ0n) is 12.0. The molecule has 1 saturated heterocycles. The molecule has 0 radical (unpaired) electrons. The van der Waals surface area contributed by atoms with Gasteiger partial charge in [0.05, 0.1) is 5.69 Å². The Labute approximate surface area is 120 Å². The van der Waals surface area contributed by atoms with Gasteiger partial charge < -0.3 is 10.2 Å². The van der Waals surface area contributed by atoms with Crippen molar-refractivity contribution in [2.45, 2.75) is 12.8 Å². The van der Waals surface area contributed by atoms with Crippen LogP contribution in [0.2, 0.25) is 0 Å². The summed E-state index contributed by atoms with van der Waals surface area (Å²) in [6.07, 6.45) is 2.87. The van der Waals surface area contributed by atoms with Gasteiger partial charge in [0.2, 0.25) is 0 Å². The summed E-state index contributed by atoms with van der Waals surface area (Å²) < 4.78 is 13.5. The third-order valence-electron chi connectivity index (χ3n) is 4.30. The van der Waals surface area contributed by atoms with E-state index < -0.39 is 0 Å². The van der Waals surface area contributed by atoms with Crippen molar-refractivity contribution in [2.75, 3.05) is 51.1 Å². The van der Waals surface area contributed by atoms with Crippen LogP contribution in [0.1, 0.15) is 12.8 Å². The summed E-state index contributed by atoms with van der Waals surface area (Å²) in [5.74, 6) is 0.825. The molecule has 0 amide bonds. The maximum atomic E-state index is 13.5. The fourth-order valence-electron chi connectivity index (χ4n) is 2.81. The van der Waals surface area contributed by atoms with E-state index in [9.17, 15) is 4.39 Å². The minimum atomic E-state index is -0.165. The Bertz CT molecular complexity index is 425. The lowest BCUT2D eigenvalue weighted by Crippen LogP contribution is -2.48. The van der Waals surface area contributed by atoms with Gasteiger partial charge in [0.25, 0.3) is 0 Å². The zero-order valence-corrected chi connectivity index (χ0v) is 12.0. The molecule has 3 nitrogen and oxygen atoms in total. The first-order chi connectivity index (χ1) is 9.81. The fraction of sp³-hybridized carbons (Fsp3) is 0.625. The topological polar surface area (TPSA) is 18.5 Å². The van der Waals surface area contributed by atoms with Gasteiger partial charge in [-0.15, -0.1) is 0 Å². The van der Waals surface area contributed by atoms with Gasteiger partial charge in [-0.05, 0) is 30.9 Å². The Morgan fingerprint density at radius 2 is 1.75 bits per heavy atom. The Morgan fingerprint density at radius 3 is 2.45 bits per heavy atom. The van der Waals surface area contributed by atoms with Crippen LogP contribution in [-0.2, 0) is 0 Å². The van der Waals surface area contributed by atoms with Crippen molar-refractivity contribution in [1.82, 2.24) is 9.80 Å². The second kappa shape index (κ2) is 6.55. The predicted octanol–water partition coefficient (Wildman–Crippen LogP) is 2.27. The van der Waals surface area contributed by atoms with E-state index in [0.717, 1.165) is 32.1 Å². The maximum absolute atomic E-state index is 13.5. The van der Waals surface area contributed by atoms with Crippen LogP contribution in [0.5, 0.6) is 0 Å². The van der Waals surface area contributed by atoms with Gasteiger partial charge in [0, 0.05) is 45.8 Å². The van der Waals surface area contributed by atoms with Crippen LogP contribution in [0.15, 0.2) is 24.3 Å². The number of hydrogen-bond donors (Lipinski definition) is 1. The third kappa shape index (κ3) is 3.93. The summed E-state index contributed by atoms with van der Waals surface area (Å²) in [6, 6.07) is 6.88. The summed E-state index contributed by atoms with van der Waals surface area (Å²) in [4.78, 5) is 5.07. The molecule has 3 rings (SSSR count). The quantitative estimate of drug-likeness (QED) is 0.860. The molecule has 1 aromatic rings. The standard InChI is InChI=1S/C16H24FN3/c17-15-3-1-2-4-16(15)18-7-8-19-9-11-20(12-10-19)13-14-5-6-14/h1-4,14,18H,5-13H2. The predicted molar refractivity (Wildman–Crippen MR) is 80.5 cm³/mol. The second-order valence-electron chi connectivity index (χ2n) is 5.99. The van der Waals surface area contributed by atoms with Crippen molar-refractivity contribution in [3.05, 3.63) is 30.1 Å². The van der Waals surface area contributed by atoms with Crippen molar-refractivity contribution >= 4 is 5.69 Å². The number of rotatable bonds is 6. The van der Waals surface area contributed by atoms with Crippen LogP contribution in [0.4, 0.5) is 10.1 Å². The molecule has 2 aliphatic rings. The average Bonchev–Trinajstić information content (AvgIpc) is 3.27. The molecule has 1 aliphatic carbocycles. The molecular weight excluding hydrogens is 253 g/mol. The van der Waals surface area contributed by atoms with Crippen molar-refractivity contribution in [3.63, 3.8) is 0 Å². The number of benzene rings is 1. The highest BCUT2D eigenvalue weighted by Crippen LogP contribution is 2.29. The van der Waals surface area contributed by atoms with E-state index in [0.29, 0.717) is 5.69 Å². The van der Waals surface area contributed by atoms with Crippen molar-refractivity contribution in [2.24, 2.45) is 5.92 Å². The maximum Gasteiger partial charge on any atom is 0.146 e. The van der Waals surface area contributed by atoms with Crippen molar-refractivity contribution < 1.29 is 4.39 Å². The van der Waals surface area contributed by atoms with Crippen LogP contribution >= 0.6 is 0 Å². The molecule has 110 valence electrons. The van der Waals surface area contributed by atoms with E-state index in [1.54, 1.807) is 12.1 Å². The van der Waals surface area contributed by atoms with Crippen LogP contribution in [0.25, 0.3) is 0 Å². The molecule has 0 spiro atoms. The highest BCUT2D eigenvalue weighted by molar-refractivity contribution is 5.44. The monoisotopic (exact) mass is 277 g/mol. The highest BCUT2D eigenvalue weighted by atomic mass is 19.1. The SMILES string of the molecule is Fc1ccccc1NCCN1CCN(CC2CC2)CC1. The minimum Gasteiger partial charge on any atom is -0.381 e.